The normalized spacial score (nSPS) is 15.6. The number of nitrogens with two attached hydrogens (primary N) is 1. The van der Waals surface area contributed by atoms with Gasteiger partial charge >= 0.3 is 18.6 Å². The number of esters is 2. The molecule has 0 saturated heterocycles. The Balaban J connectivity index is 2.36. The van der Waals surface area contributed by atoms with E-state index in [0.29, 0.717) is 5.56 Å². The van der Waals surface area contributed by atoms with Gasteiger partial charge in [-0.3, -0.25) is 4.90 Å². The molecule has 0 aliphatic carbocycles. The van der Waals surface area contributed by atoms with Gasteiger partial charge in [0.2, 0.25) is 0 Å². The summed E-state index contributed by atoms with van der Waals surface area (Å²) >= 11 is 0. The second-order valence-electron chi connectivity index (χ2n) is 7.05. The van der Waals surface area contributed by atoms with E-state index in [2.05, 4.69) is 4.74 Å². The van der Waals surface area contributed by atoms with Crippen molar-refractivity contribution in [1.82, 2.24) is 0 Å². The summed E-state index contributed by atoms with van der Waals surface area (Å²) in [7, 11) is 3.47. The molecule has 1 unspecified atom stereocenters. The van der Waals surface area contributed by atoms with Gasteiger partial charge in [-0.05, 0) is 17.7 Å². The van der Waals surface area contributed by atoms with Crippen molar-refractivity contribution in [2.75, 3.05) is 26.2 Å². The van der Waals surface area contributed by atoms with E-state index >= 15 is 0 Å². The van der Waals surface area contributed by atoms with Gasteiger partial charge in [-0.2, -0.15) is 14.0 Å². The summed E-state index contributed by atoms with van der Waals surface area (Å²) in [5.41, 5.74) is 6.46. The largest absolute Gasteiger partial charge is 0.493 e. The Morgan fingerprint density at radius 2 is 1.69 bits per heavy atom. The van der Waals surface area contributed by atoms with E-state index in [0.717, 1.165) is 19.1 Å². The van der Waals surface area contributed by atoms with E-state index in [9.17, 15) is 23.6 Å². The summed E-state index contributed by atoms with van der Waals surface area (Å²) in [6.07, 6.45) is 0. The molecule has 0 spiro atoms. The highest BCUT2D eigenvalue weighted by molar-refractivity contribution is 6.06. The molecule has 1 aliphatic rings. The number of benzene rings is 2. The molecule has 0 saturated carbocycles. The van der Waals surface area contributed by atoms with E-state index < -0.39 is 24.5 Å². The number of rotatable bonds is 7. The number of halogens is 2. The Morgan fingerprint density at radius 1 is 1.03 bits per heavy atom. The lowest BCUT2D eigenvalue weighted by molar-refractivity contribution is -0.139. The third-order valence-corrected chi connectivity index (χ3v) is 5.23. The van der Waals surface area contributed by atoms with Crippen LogP contribution in [-0.4, -0.2) is 39.9 Å². The topological polar surface area (TPSA) is 124 Å². The maximum atomic E-state index is 13.0. The second kappa shape index (κ2) is 10.6. The first-order valence-corrected chi connectivity index (χ1v) is 10.1. The molecule has 182 valence electrons. The Hall–Kier alpha value is -4.59. The van der Waals surface area contributed by atoms with Crippen LogP contribution in [0.25, 0.3) is 0 Å². The van der Waals surface area contributed by atoms with Crippen LogP contribution in [0.4, 0.5) is 14.5 Å². The van der Waals surface area contributed by atoms with Gasteiger partial charge in [-0.15, -0.1) is 0 Å². The van der Waals surface area contributed by atoms with Gasteiger partial charge in [0, 0.05) is 6.07 Å². The summed E-state index contributed by atoms with van der Waals surface area (Å²) < 4.78 is 45.0. The van der Waals surface area contributed by atoms with Gasteiger partial charge in [-0.25, -0.2) is 9.59 Å². The number of methoxy groups -OCH3 is 3. The van der Waals surface area contributed by atoms with E-state index in [4.69, 9.17) is 19.9 Å². The third-order valence-electron chi connectivity index (χ3n) is 5.23. The molecule has 0 bridgehead atoms. The number of hydrogen-bond acceptors (Lipinski definition) is 9. The zero-order valence-electron chi connectivity index (χ0n) is 19.0. The molecular formula is C24H21F2N3O6. The third kappa shape index (κ3) is 4.72. The molecule has 2 aromatic rings. The SMILES string of the molecule is COC(=O)C1=C(C(=O)OC)N(c2ccc(OC(F)F)c(OC)c2)C(N)=C(C#N)C1c1ccccc1. The molecule has 0 fully saturated rings. The molecule has 11 heteroatoms. The zero-order chi connectivity index (χ0) is 25.7. The number of ether oxygens (including phenoxy) is 4. The molecule has 0 amide bonds. The van der Waals surface area contributed by atoms with Crippen molar-refractivity contribution in [1.29, 1.82) is 5.26 Å². The first kappa shape index (κ1) is 25.0. The maximum absolute atomic E-state index is 13.0. The zero-order valence-corrected chi connectivity index (χ0v) is 19.0. The van der Waals surface area contributed by atoms with Gasteiger partial charge in [0.15, 0.2) is 11.5 Å². The predicted octanol–water partition coefficient (Wildman–Crippen LogP) is 3.19. The Morgan fingerprint density at radius 3 is 2.23 bits per heavy atom. The molecule has 3 rings (SSSR count). The first-order chi connectivity index (χ1) is 16.8. The van der Waals surface area contributed by atoms with Crippen LogP contribution in [0.1, 0.15) is 11.5 Å². The number of carbonyl (C=O) groups excluding carboxylic acids is 2. The van der Waals surface area contributed by atoms with Crippen molar-refractivity contribution in [3.8, 4) is 17.6 Å². The molecule has 35 heavy (non-hydrogen) atoms. The minimum absolute atomic E-state index is 0.0453. The van der Waals surface area contributed by atoms with Gasteiger partial charge in [0.25, 0.3) is 0 Å². The molecule has 0 aromatic heterocycles. The number of alkyl halides is 2. The lowest BCUT2D eigenvalue weighted by atomic mass is 9.81. The minimum atomic E-state index is -3.11. The Labute approximate surface area is 199 Å². The van der Waals surface area contributed by atoms with E-state index in [-0.39, 0.29) is 39.9 Å². The molecule has 1 aliphatic heterocycles. The number of hydrogen-bond donors (Lipinski definition) is 1. The maximum Gasteiger partial charge on any atom is 0.387 e. The molecular weight excluding hydrogens is 464 g/mol. The van der Waals surface area contributed by atoms with Crippen molar-refractivity contribution in [2.24, 2.45) is 5.73 Å². The molecule has 1 heterocycles. The number of carbonyl (C=O) groups is 2. The van der Waals surface area contributed by atoms with Crippen molar-refractivity contribution in [2.45, 2.75) is 12.5 Å². The number of nitriles is 1. The highest BCUT2D eigenvalue weighted by Crippen LogP contribution is 2.44. The van der Waals surface area contributed by atoms with Crippen molar-refractivity contribution >= 4 is 17.6 Å². The van der Waals surface area contributed by atoms with Crippen LogP contribution >= 0.6 is 0 Å². The van der Waals surface area contributed by atoms with Crippen LogP contribution in [0.3, 0.4) is 0 Å². The average Bonchev–Trinajstić information content (AvgIpc) is 2.87. The average molecular weight is 485 g/mol. The summed E-state index contributed by atoms with van der Waals surface area (Å²) in [5.74, 6) is -3.44. The number of anilines is 1. The molecule has 9 nitrogen and oxygen atoms in total. The Bertz CT molecular complexity index is 1240. The van der Waals surface area contributed by atoms with Crippen LogP contribution in [0.15, 0.2) is 71.2 Å². The van der Waals surface area contributed by atoms with Crippen LogP contribution in [-0.2, 0) is 19.1 Å². The summed E-state index contributed by atoms with van der Waals surface area (Å²) in [6.45, 7) is -3.11. The standard InChI is InChI=1S/C24H21F2N3O6/c1-32-17-11-14(9-10-16(17)35-24(25)26)29-20(23(31)34-3)19(22(30)33-2)18(15(12-27)21(29)28)13-7-5-4-6-8-13/h4-11,18,24H,28H2,1-3H3. The molecule has 2 aromatic carbocycles. The molecule has 0 radical (unpaired) electrons. The minimum Gasteiger partial charge on any atom is -0.493 e. The highest BCUT2D eigenvalue weighted by Gasteiger charge is 2.43. The summed E-state index contributed by atoms with van der Waals surface area (Å²) in [5, 5.41) is 10.0. The van der Waals surface area contributed by atoms with Crippen LogP contribution < -0.4 is 20.1 Å². The van der Waals surface area contributed by atoms with Crippen LogP contribution in [0, 0.1) is 11.3 Å². The predicted molar refractivity (Wildman–Crippen MR) is 119 cm³/mol. The monoisotopic (exact) mass is 485 g/mol. The van der Waals surface area contributed by atoms with Gasteiger partial charge < -0.3 is 24.7 Å². The smallest absolute Gasteiger partial charge is 0.387 e. The Kier molecular flexibility index (Phi) is 7.56. The summed E-state index contributed by atoms with van der Waals surface area (Å²) in [6, 6.07) is 14.3. The molecule has 1 atom stereocenters. The van der Waals surface area contributed by atoms with E-state index in [1.807, 2.05) is 6.07 Å². The summed E-state index contributed by atoms with van der Waals surface area (Å²) in [4.78, 5) is 27.1. The highest BCUT2D eigenvalue weighted by atomic mass is 19.3. The van der Waals surface area contributed by atoms with Crippen molar-refractivity contribution in [3.63, 3.8) is 0 Å². The van der Waals surface area contributed by atoms with E-state index in [1.54, 1.807) is 30.3 Å². The lowest BCUT2D eigenvalue weighted by Gasteiger charge is -2.36. The fourth-order valence-corrected chi connectivity index (χ4v) is 3.77. The van der Waals surface area contributed by atoms with Crippen LogP contribution in [0.2, 0.25) is 0 Å². The van der Waals surface area contributed by atoms with E-state index in [1.165, 1.54) is 25.3 Å². The fourth-order valence-electron chi connectivity index (χ4n) is 3.77. The van der Waals surface area contributed by atoms with Crippen molar-refractivity contribution in [3.05, 3.63) is 76.8 Å². The van der Waals surface area contributed by atoms with Gasteiger partial charge in [-0.1, -0.05) is 30.3 Å². The van der Waals surface area contributed by atoms with Crippen molar-refractivity contribution < 1.29 is 37.3 Å². The first-order valence-electron chi connectivity index (χ1n) is 10.1. The van der Waals surface area contributed by atoms with Gasteiger partial charge in [0.05, 0.1) is 50.2 Å². The fraction of sp³-hybridized carbons (Fsp3) is 0.208. The molecule has 2 N–H and O–H groups in total. The number of nitrogens with zero attached hydrogens (tertiary/aromatic N) is 2. The van der Waals surface area contributed by atoms with Crippen LogP contribution in [0.5, 0.6) is 11.5 Å². The quantitative estimate of drug-likeness (QED) is 0.589. The van der Waals surface area contributed by atoms with Gasteiger partial charge in [0.1, 0.15) is 11.5 Å². The number of allylic oxidation sites excluding steroid dienone is 1. The second-order valence-corrected chi connectivity index (χ2v) is 7.05. The lowest BCUT2D eigenvalue weighted by Crippen LogP contribution is -2.40.